The Balaban J connectivity index is 1.75. The predicted molar refractivity (Wildman–Crippen MR) is 71.2 cm³/mol. The molecular formula is C13H20N2OS. The summed E-state index contributed by atoms with van der Waals surface area (Å²) in [6, 6.07) is 2.54. The molecule has 1 unspecified atom stereocenters. The smallest absolute Gasteiger partial charge is 0.221 e. The van der Waals surface area contributed by atoms with Gasteiger partial charge in [0, 0.05) is 17.3 Å². The summed E-state index contributed by atoms with van der Waals surface area (Å²) in [7, 11) is 0. The monoisotopic (exact) mass is 252 g/mol. The van der Waals surface area contributed by atoms with E-state index in [0.717, 1.165) is 19.4 Å². The number of nitrogens with one attached hydrogen (secondary N) is 2. The van der Waals surface area contributed by atoms with E-state index >= 15 is 0 Å². The van der Waals surface area contributed by atoms with E-state index in [1.807, 2.05) is 0 Å². The van der Waals surface area contributed by atoms with Crippen molar-refractivity contribution < 1.29 is 4.79 Å². The normalized spacial score (nSPS) is 19.5. The lowest BCUT2D eigenvalue weighted by atomic mass is 10.1. The molecule has 0 aliphatic carbocycles. The minimum atomic E-state index is 0.167. The third kappa shape index (κ3) is 3.54. The molecule has 1 fully saturated rings. The molecule has 1 amide bonds. The highest BCUT2D eigenvalue weighted by molar-refractivity contribution is 7.10. The van der Waals surface area contributed by atoms with E-state index < -0.39 is 0 Å². The fourth-order valence-electron chi connectivity index (χ4n) is 2.24. The van der Waals surface area contributed by atoms with Gasteiger partial charge < -0.3 is 10.6 Å². The second kappa shape index (κ2) is 6.17. The van der Waals surface area contributed by atoms with Crippen LogP contribution in [0, 0.1) is 0 Å². The number of carbonyl (C=O) groups is 1. The van der Waals surface area contributed by atoms with E-state index in [0.29, 0.717) is 19.0 Å². The lowest BCUT2D eigenvalue weighted by molar-refractivity contribution is -0.121. The minimum absolute atomic E-state index is 0.167. The molecule has 0 radical (unpaired) electrons. The van der Waals surface area contributed by atoms with Crippen LogP contribution in [0.4, 0.5) is 0 Å². The van der Waals surface area contributed by atoms with Crippen LogP contribution in [0.5, 0.6) is 0 Å². The van der Waals surface area contributed by atoms with Crippen molar-refractivity contribution in [1.82, 2.24) is 10.6 Å². The fourth-order valence-corrected chi connectivity index (χ4v) is 3.16. The molecule has 17 heavy (non-hydrogen) atoms. The van der Waals surface area contributed by atoms with Crippen molar-refractivity contribution in [3.05, 3.63) is 21.9 Å². The number of hydrogen-bond acceptors (Lipinski definition) is 3. The van der Waals surface area contributed by atoms with Gasteiger partial charge in [0.2, 0.25) is 5.91 Å². The second-order valence-corrected chi connectivity index (χ2v) is 5.50. The lowest BCUT2D eigenvalue weighted by Crippen LogP contribution is -2.31. The largest absolute Gasteiger partial charge is 0.351 e. The molecule has 1 atom stereocenters. The first-order valence-electron chi connectivity index (χ1n) is 6.35. The van der Waals surface area contributed by atoms with Gasteiger partial charge in [-0.1, -0.05) is 6.92 Å². The summed E-state index contributed by atoms with van der Waals surface area (Å²) >= 11 is 1.73. The molecule has 0 spiro atoms. The number of rotatable bonds is 5. The van der Waals surface area contributed by atoms with Crippen molar-refractivity contribution in [2.24, 2.45) is 0 Å². The average molecular weight is 252 g/mol. The first-order valence-corrected chi connectivity index (χ1v) is 7.23. The highest BCUT2D eigenvalue weighted by Gasteiger charge is 2.17. The van der Waals surface area contributed by atoms with E-state index in [4.69, 9.17) is 0 Å². The molecule has 2 heterocycles. The van der Waals surface area contributed by atoms with E-state index in [1.165, 1.54) is 16.9 Å². The molecule has 1 aromatic heterocycles. The molecule has 1 aromatic rings. The van der Waals surface area contributed by atoms with Crippen LogP contribution in [-0.4, -0.2) is 18.5 Å². The van der Waals surface area contributed by atoms with Crippen LogP contribution in [-0.2, 0) is 17.8 Å². The summed E-state index contributed by atoms with van der Waals surface area (Å²) in [4.78, 5) is 13.0. The topological polar surface area (TPSA) is 41.1 Å². The summed E-state index contributed by atoms with van der Waals surface area (Å²) in [6.07, 6.45) is 3.99. The van der Waals surface area contributed by atoms with Crippen molar-refractivity contribution in [1.29, 1.82) is 0 Å². The maximum Gasteiger partial charge on any atom is 0.221 e. The number of aryl methyl sites for hydroxylation is 1. The summed E-state index contributed by atoms with van der Waals surface area (Å²) in [5, 5.41) is 8.46. The van der Waals surface area contributed by atoms with Crippen molar-refractivity contribution in [3.63, 3.8) is 0 Å². The van der Waals surface area contributed by atoms with Gasteiger partial charge in [0.1, 0.15) is 0 Å². The van der Waals surface area contributed by atoms with Gasteiger partial charge in [0.05, 0.1) is 6.54 Å². The highest BCUT2D eigenvalue weighted by Crippen LogP contribution is 2.17. The van der Waals surface area contributed by atoms with E-state index in [2.05, 4.69) is 29.0 Å². The van der Waals surface area contributed by atoms with E-state index in [1.54, 1.807) is 11.3 Å². The Morgan fingerprint density at radius 3 is 3.24 bits per heavy atom. The maximum absolute atomic E-state index is 11.7. The van der Waals surface area contributed by atoms with Crippen molar-refractivity contribution in [2.45, 2.75) is 45.2 Å². The molecule has 94 valence electrons. The van der Waals surface area contributed by atoms with Gasteiger partial charge in [0.25, 0.3) is 0 Å². The quantitative estimate of drug-likeness (QED) is 0.842. The van der Waals surface area contributed by atoms with E-state index in [9.17, 15) is 4.79 Å². The summed E-state index contributed by atoms with van der Waals surface area (Å²) < 4.78 is 0. The van der Waals surface area contributed by atoms with Gasteiger partial charge in [-0.2, -0.15) is 0 Å². The zero-order valence-corrected chi connectivity index (χ0v) is 11.1. The van der Waals surface area contributed by atoms with Crippen LogP contribution in [0.3, 0.4) is 0 Å². The first kappa shape index (κ1) is 12.6. The van der Waals surface area contributed by atoms with E-state index in [-0.39, 0.29) is 5.91 Å². The molecule has 3 nitrogen and oxygen atoms in total. The molecule has 2 rings (SSSR count). The maximum atomic E-state index is 11.7. The van der Waals surface area contributed by atoms with Gasteiger partial charge in [0.15, 0.2) is 0 Å². The Hall–Kier alpha value is -0.870. The predicted octanol–water partition coefficient (Wildman–Crippen LogP) is 2.07. The van der Waals surface area contributed by atoms with Gasteiger partial charge in [-0.25, -0.2) is 0 Å². The fraction of sp³-hybridized carbons (Fsp3) is 0.615. The summed E-state index contributed by atoms with van der Waals surface area (Å²) in [5.74, 6) is 0.167. The van der Waals surface area contributed by atoms with Gasteiger partial charge in [-0.05, 0) is 42.8 Å². The van der Waals surface area contributed by atoms with Crippen molar-refractivity contribution >= 4 is 17.2 Å². The third-order valence-corrected chi connectivity index (χ3v) is 4.22. The summed E-state index contributed by atoms with van der Waals surface area (Å²) in [6.45, 7) is 3.89. The Morgan fingerprint density at radius 2 is 2.53 bits per heavy atom. The average Bonchev–Trinajstić information content (AvgIpc) is 2.96. The van der Waals surface area contributed by atoms with Crippen LogP contribution in [0.2, 0.25) is 0 Å². The standard InChI is InChI=1S/C13H20N2OS/c1-2-10-5-7-17-12(10)9-15-13(16)8-11-4-3-6-14-11/h5,7,11,14H,2-4,6,8-9H2,1H3,(H,15,16). The van der Waals surface area contributed by atoms with Gasteiger partial charge in [-0.3, -0.25) is 4.79 Å². The minimum Gasteiger partial charge on any atom is -0.351 e. The number of amides is 1. The van der Waals surface area contributed by atoms with Crippen LogP contribution in [0.1, 0.15) is 36.6 Å². The molecule has 1 aliphatic rings. The van der Waals surface area contributed by atoms with Gasteiger partial charge >= 0.3 is 0 Å². The Kier molecular flexibility index (Phi) is 4.57. The first-order chi connectivity index (χ1) is 8.29. The number of hydrogen-bond donors (Lipinski definition) is 2. The Morgan fingerprint density at radius 1 is 1.65 bits per heavy atom. The van der Waals surface area contributed by atoms with Crippen LogP contribution in [0.15, 0.2) is 11.4 Å². The molecule has 2 N–H and O–H groups in total. The molecule has 0 aromatic carbocycles. The molecule has 0 saturated carbocycles. The molecule has 1 saturated heterocycles. The molecule has 1 aliphatic heterocycles. The summed E-state index contributed by atoms with van der Waals surface area (Å²) in [5.41, 5.74) is 1.36. The number of carbonyl (C=O) groups excluding carboxylic acids is 1. The SMILES string of the molecule is CCc1ccsc1CNC(=O)CC1CCCN1. The molecular weight excluding hydrogens is 232 g/mol. The highest BCUT2D eigenvalue weighted by atomic mass is 32.1. The molecule has 4 heteroatoms. The van der Waals surface area contributed by atoms with Crippen LogP contribution in [0.25, 0.3) is 0 Å². The van der Waals surface area contributed by atoms with Crippen LogP contribution < -0.4 is 10.6 Å². The van der Waals surface area contributed by atoms with Crippen molar-refractivity contribution in [3.8, 4) is 0 Å². The lowest BCUT2D eigenvalue weighted by Gasteiger charge is -2.10. The molecule has 0 bridgehead atoms. The zero-order chi connectivity index (χ0) is 12.1. The Labute approximate surface area is 107 Å². The van der Waals surface area contributed by atoms with Crippen LogP contribution >= 0.6 is 11.3 Å². The van der Waals surface area contributed by atoms with Gasteiger partial charge in [-0.15, -0.1) is 11.3 Å². The Bertz CT molecular complexity index is 369. The zero-order valence-electron chi connectivity index (χ0n) is 10.3. The number of thiophene rings is 1. The third-order valence-electron chi connectivity index (χ3n) is 3.26. The van der Waals surface area contributed by atoms with Crippen molar-refractivity contribution in [2.75, 3.05) is 6.54 Å². The second-order valence-electron chi connectivity index (χ2n) is 4.50.